The third-order valence-corrected chi connectivity index (χ3v) is 6.04. The van der Waals surface area contributed by atoms with E-state index in [2.05, 4.69) is 76.2 Å². The highest BCUT2D eigenvalue weighted by molar-refractivity contribution is 5.59. The first-order valence-electron chi connectivity index (χ1n) is 11.8. The zero-order chi connectivity index (χ0) is 24.0. The number of imidazole rings is 2. The minimum Gasteiger partial charge on any atom is -0.262 e. The number of hydrogen-bond acceptors (Lipinski definition) is 1. The molecule has 1 aromatic carbocycles. The normalized spacial score (nSPS) is 11.7. The summed E-state index contributed by atoms with van der Waals surface area (Å²) in [5, 5.41) is 0. The molecule has 0 radical (unpaired) electrons. The van der Waals surface area contributed by atoms with Crippen LogP contribution in [0.25, 0.3) is 22.8 Å². The number of rotatable bonds is 7. The van der Waals surface area contributed by atoms with Crippen LogP contribution in [0.5, 0.6) is 0 Å². The van der Waals surface area contributed by atoms with Gasteiger partial charge in [0.1, 0.15) is 30.4 Å². The van der Waals surface area contributed by atoms with Gasteiger partial charge in [-0.3, -0.25) is 4.98 Å². The summed E-state index contributed by atoms with van der Waals surface area (Å²) in [6, 6.07) is 10.4. The summed E-state index contributed by atoms with van der Waals surface area (Å²) in [5.74, 6) is 2.12. The zero-order valence-corrected chi connectivity index (χ0v) is 20.7. The number of pyridine rings is 1. The summed E-state index contributed by atoms with van der Waals surface area (Å²) >= 11 is 0. The number of nitrogens with zero attached hydrogens (tertiary/aromatic N) is 5. The van der Waals surface area contributed by atoms with Crippen LogP contribution in [0, 0.1) is 5.82 Å². The van der Waals surface area contributed by atoms with Gasteiger partial charge in [0.2, 0.25) is 0 Å². The van der Waals surface area contributed by atoms with Crippen molar-refractivity contribution in [1.29, 1.82) is 0 Å². The van der Waals surface area contributed by atoms with E-state index in [1.165, 1.54) is 23.1 Å². The summed E-state index contributed by atoms with van der Waals surface area (Å²) in [4.78, 5) is 3.89. The second-order valence-corrected chi connectivity index (χ2v) is 8.08. The van der Waals surface area contributed by atoms with Gasteiger partial charge in [0.05, 0.1) is 38.9 Å². The van der Waals surface area contributed by atoms with Gasteiger partial charge >= 0.3 is 0 Å². The Labute approximate surface area is 196 Å². The molecule has 0 saturated heterocycles. The number of aromatic nitrogens is 5. The Hall–Kier alpha value is -3.28. The van der Waals surface area contributed by atoms with Crippen molar-refractivity contribution in [1.82, 2.24) is 14.1 Å². The number of aryl methyl sites for hydroxylation is 4. The lowest BCUT2D eigenvalue weighted by Gasteiger charge is -2.15. The molecule has 0 saturated carbocycles. The second-order valence-electron chi connectivity index (χ2n) is 8.08. The molecule has 0 N–H and O–H groups in total. The lowest BCUT2D eigenvalue weighted by molar-refractivity contribution is -0.659. The number of halogens is 1. The van der Waals surface area contributed by atoms with Crippen LogP contribution in [-0.2, 0) is 27.2 Å². The lowest BCUT2D eigenvalue weighted by Crippen LogP contribution is -2.30. The van der Waals surface area contributed by atoms with Crippen LogP contribution in [0.15, 0.2) is 67.5 Å². The van der Waals surface area contributed by atoms with E-state index in [1.807, 2.05) is 37.9 Å². The Balaban J connectivity index is 0.00000149. The molecule has 0 aliphatic rings. The van der Waals surface area contributed by atoms with Crippen LogP contribution in [0.4, 0.5) is 4.39 Å². The van der Waals surface area contributed by atoms with Gasteiger partial charge in [-0.15, -0.1) is 0 Å². The van der Waals surface area contributed by atoms with Gasteiger partial charge in [-0.05, 0) is 37.0 Å². The van der Waals surface area contributed by atoms with Crippen molar-refractivity contribution in [3.63, 3.8) is 0 Å². The van der Waals surface area contributed by atoms with Gasteiger partial charge in [-0.2, -0.15) is 0 Å². The van der Waals surface area contributed by atoms with Crippen LogP contribution in [-0.4, -0.2) is 14.1 Å². The minimum absolute atomic E-state index is 0.302. The SMILES string of the molecule is CC.CCn1cc[n+](C)c1-c1ccccc1C(C)CCn1cc[n+](C)c1-c1ccncc1F. The molecule has 0 aliphatic heterocycles. The van der Waals surface area contributed by atoms with Crippen molar-refractivity contribution >= 4 is 0 Å². The van der Waals surface area contributed by atoms with Crippen LogP contribution in [0.3, 0.4) is 0 Å². The third-order valence-electron chi connectivity index (χ3n) is 6.04. The van der Waals surface area contributed by atoms with E-state index < -0.39 is 0 Å². The van der Waals surface area contributed by atoms with Gasteiger partial charge in [-0.1, -0.05) is 39.0 Å². The topological polar surface area (TPSA) is 30.5 Å². The fraction of sp³-hybridized carbons (Fsp3) is 0.370. The highest BCUT2D eigenvalue weighted by atomic mass is 19.1. The average molecular weight is 450 g/mol. The van der Waals surface area contributed by atoms with Crippen molar-refractivity contribution in [2.24, 2.45) is 14.1 Å². The summed E-state index contributed by atoms with van der Waals surface area (Å²) in [6.45, 7) is 10.2. The van der Waals surface area contributed by atoms with Crippen LogP contribution >= 0.6 is 0 Å². The Kier molecular flexibility index (Phi) is 8.15. The standard InChI is InChI=1S/C25H30FN5.C2H6/c1-5-30-16-14-28(3)24(30)21-9-7-6-8-20(21)19(2)11-13-31-17-15-29(4)25(31)22-10-12-27-18-23(22)26;1-2/h6-10,12,14-19H,5,11,13H2,1-4H3;1-2H3/q+2;. The molecule has 0 bridgehead atoms. The van der Waals surface area contributed by atoms with Gasteiger partial charge in [0.15, 0.2) is 5.82 Å². The molecular formula is C27H36FN5+2. The van der Waals surface area contributed by atoms with Crippen LogP contribution in [0.2, 0.25) is 0 Å². The maximum Gasteiger partial charge on any atom is 0.291 e. The molecule has 0 aliphatic carbocycles. The van der Waals surface area contributed by atoms with Gasteiger partial charge in [-0.25, -0.2) is 22.7 Å². The average Bonchev–Trinajstić information content (AvgIpc) is 3.40. The minimum atomic E-state index is -0.302. The van der Waals surface area contributed by atoms with E-state index in [0.717, 1.165) is 25.3 Å². The molecule has 4 aromatic rings. The molecule has 0 spiro atoms. The molecule has 3 heterocycles. The lowest BCUT2D eigenvalue weighted by atomic mass is 9.92. The molecule has 174 valence electrons. The summed E-state index contributed by atoms with van der Waals surface area (Å²) in [6.07, 6.45) is 12.1. The molecule has 33 heavy (non-hydrogen) atoms. The highest BCUT2D eigenvalue weighted by Gasteiger charge is 2.24. The van der Waals surface area contributed by atoms with E-state index in [4.69, 9.17) is 0 Å². The first-order chi connectivity index (χ1) is 16.0. The fourth-order valence-corrected chi connectivity index (χ4v) is 4.35. The van der Waals surface area contributed by atoms with Crippen molar-refractivity contribution in [3.05, 3.63) is 78.9 Å². The zero-order valence-electron chi connectivity index (χ0n) is 20.7. The molecule has 6 heteroatoms. The first kappa shape index (κ1) is 24.4. The molecular weight excluding hydrogens is 413 g/mol. The summed E-state index contributed by atoms with van der Waals surface area (Å²) in [7, 11) is 4.04. The van der Waals surface area contributed by atoms with E-state index >= 15 is 0 Å². The smallest absolute Gasteiger partial charge is 0.262 e. The van der Waals surface area contributed by atoms with E-state index in [1.54, 1.807) is 12.3 Å². The Morgan fingerprint density at radius 1 is 0.939 bits per heavy atom. The van der Waals surface area contributed by atoms with Gasteiger partial charge in [0.25, 0.3) is 11.6 Å². The first-order valence-corrected chi connectivity index (χ1v) is 11.8. The Morgan fingerprint density at radius 3 is 2.24 bits per heavy atom. The maximum atomic E-state index is 14.4. The predicted octanol–water partition coefficient (Wildman–Crippen LogP) is 5.05. The molecule has 0 amide bonds. The quantitative estimate of drug-likeness (QED) is 0.363. The van der Waals surface area contributed by atoms with E-state index in [0.29, 0.717) is 11.5 Å². The van der Waals surface area contributed by atoms with Crippen molar-refractivity contribution in [3.8, 4) is 22.8 Å². The van der Waals surface area contributed by atoms with E-state index in [-0.39, 0.29) is 5.82 Å². The molecule has 1 unspecified atom stereocenters. The van der Waals surface area contributed by atoms with Crippen molar-refractivity contribution < 1.29 is 13.5 Å². The molecule has 5 nitrogen and oxygen atoms in total. The molecule has 3 aromatic heterocycles. The summed E-state index contributed by atoms with van der Waals surface area (Å²) in [5.41, 5.74) is 3.17. The Bertz CT molecular complexity index is 1190. The van der Waals surface area contributed by atoms with Crippen LogP contribution < -0.4 is 9.13 Å². The van der Waals surface area contributed by atoms with Crippen LogP contribution in [0.1, 0.15) is 45.6 Å². The number of hydrogen-bond donors (Lipinski definition) is 0. The molecule has 4 rings (SSSR count). The van der Waals surface area contributed by atoms with Crippen molar-refractivity contribution in [2.45, 2.75) is 53.1 Å². The summed E-state index contributed by atoms with van der Waals surface area (Å²) < 4.78 is 23.0. The van der Waals surface area contributed by atoms with Gasteiger partial charge in [0, 0.05) is 6.20 Å². The third kappa shape index (κ3) is 5.05. The fourth-order valence-electron chi connectivity index (χ4n) is 4.35. The largest absolute Gasteiger partial charge is 0.291 e. The predicted molar refractivity (Wildman–Crippen MR) is 130 cm³/mol. The number of benzene rings is 1. The molecule has 1 atom stereocenters. The maximum absolute atomic E-state index is 14.4. The monoisotopic (exact) mass is 449 g/mol. The molecule has 0 fully saturated rings. The Morgan fingerprint density at radius 2 is 1.58 bits per heavy atom. The van der Waals surface area contributed by atoms with Crippen molar-refractivity contribution in [2.75, 3.05) is 0 Å². The van der Waals surface area contributed by atoms with Gasteiger partial charge < -0.3 is 0 Å². The highest BCUT2D eigenvalue weighted by Crippen LogP contribution is 2.30. The van der Waals surface area contributed by atoms with E-state index in [9.17, 15) is 4.39 Å². The second kappa shape index (κ2) is 11.0.